The molecule has 116 heavy (non-hydrogen) atoms. The molecule has 8 nitrogen and oxygen atoms in total. The van der Waals surface area contributed by atoms with Crippen molar-refractivity contribution in [3.05, 3.63) is 142 Å². The van der Waals surface area contributed by atoms with Gasteiger partial charge in [-0.2, -0.15) is 0 Å². The highest BCUT2D eigenvalue weighted by Gasteiger charge is 2.55. The third-order valence-electron chi connectivity index (χ3n) is 33.4. The van der Waals surface area contributed by atoms with Crippen LogP contribution in [-0.4, -0.2) is 87.7 Å². The molecule has 12 saturated carbocycles. The predicted molar refractivity (Wildman–Crippen MR) is 491 cm³/mol. The van der Waals surface area contributed by atoms with E-state index in [9.17, 15) is 40.9 Å². The third kappa shape index (κ3) is 26.3. The molecule has 8 heteroatoms. The first-order valence-corrected chi connectivity index (χ1v) is 48.3. The van der Waals surface area contributed by atoms with Crippen molar-refractivity contribution in [2.45, 2.75) is 440 Å². The van der Waals surface area contributed by atoms with Gasteiger partial charge in [-0.3, -0.25) is 0 Å². The second-order valence-electron chi connectivity index (χ2n) is 44.8. The van der Waals surface area contributed by atoms with Crippen LogP contribution in [0.25, 0.3) is 0 Å². The Morgan fingerprint density at radius 3 is 0.672 bits per heavy atom. The minimum atomic E-state index is -0.535. The van der Waals surface area contributed by atoms with Crippen molar-refractivity contribution in [1.29, 1.82) is 0 Å². The maximum absolute atomic E-state index is 10.0. The van der Waals surface area contributed by atoms with Gasteiger partial charge in [0.1, 0.15) is 0 Å². The fourth-order valence-corrected chi connectivity index (χ4v) is 26.7. The van der Waals surface area contributed by atoms with Crippen molar-refractivity contribution in [2.75, 3.05) is 0 Å². The molecule has 0 aromatic carbocycles. The van der Waals surface area contributed by atoms with E-state index in [1.807, 2.05) is 55.4 Å². The van der Waals surface area contributed by atoms with E-state index in [0.29, 0.717) is 21.7 Å². The molecule has 0 aromatic rings. The molecule has 0 amide bonds. The van der Waals surface area contributed by atoms with Gasteiger partial charge in [0, 0.05) is 0 Å². The Balaban J connectivity index is 0.000000177. The first kappa shape index (κ1) is 96.4. The van der Waals surface area contributed by atoms with Crippen LogP contribution in [0.4, 0.5) is 0 Å². The summed E-state index contributed by atoms with van der Waals surface area (Å²) in [4.78, 5) is 0. The van der Waals surface area contributed by atoms with Gasteiger partial charge in [0.25, 0.3) is 0 Å². The second kappa shape index (κ2) is 41.8. The van der Waals surface area contributed by atoms with E-state index < -0.39 is 22.4 Å². The first-order valence-electron chi connectivity index (χ1n) is 48.3. The Morgan fingerprint density at radius 2 is 0.491 bits per heavy atom. The Labute approximate surface area is 711 Å². The number of fused-ring (bicyclic) bond motifs is 4. The summed E-state index contributed by atoms with van der Waals surface area (Å²) in [6.45, 7) is 52.4. The molecule has 0 radical (unpaired) electrons. The molecule has 0 aliphatic heterocycles. The predicted octanol–water partition coefficient (Wildman–Crippen LogP) is 26.9. The Morgan fingerprint density at radius 1 is 0.302 bits per heavy atom. The van der Waals surface area contributed by atoms with Crippen LogP contribution in [0.3, 0.4) is 0 Å². The van der Waals surface area contributed by atoms with Gasteiger partial charge in [-0.25, -0.2) is 0 Å². The third-order valence-corrected chi connectivity index (χ3v) is 33.4. The normalized spacial score (nSPS) is 37.2. The van der Waals surface area contributed by atoms with E-state index in [2.05, 4.69) is 130 Å². The fourth-order valence-electron chi connectivity index (χ4n) is 26.7. The summed E-state index contributed by atoms with van der Waals surface area (Å²) in [5.74, 6) is 9.03. The van der Waals surface area contributed by atoms with Gasteiger partial charge in [-0.1, -0.05) is 226 Å². The number of aliphatic hydroxyl groups is 8. The molecule has 12 rings (SSSR count). The van der Waals surface area contributed by atoms with Crippen LogP contribution in [0, 0.1) is 92.7 Å². The molecule has 12 aliphatic carbocycles. The molecular formula is C108H176O8. The lowest BCUT2D eigenvalue weighted by atomic mass is 9.60. The summed E-state index contributed by atoms with van der Waals surface area (Å²) in [6, 6.07) is 0. The van der Waals surface area contributed by atoms with Gasteiger partial charge in [-0.05, 0) is 402 Å². The standard InChI is InChI=1S/4C27H44O2/c4*1-19-10-13-23(28)18-22(19)12-11-21-9-7-17-27(5)24(14-15-25(21)27)20(2)8-6-16-26(3,4)29/h4*11-12,20,23-25,28-29H,1,6-10,13-18H2,2-5H3/b4*21-11+,22-12-/t4*20-,23+,24-,25+,27-/m1111/s1. The van der Waals surface area contributed by atoms with Crippen LogP contribution < -0.4 is 0 Å². The van der Waals surface area contributed by atoms with Gasteiger partial charge >= 0.3 is 0 Å². The lowest BCUT2D eigenvalue weighted by molar-refractivity contribution is 0.0590. The summed E-state index contributed by atoms with van der Waals surface area (Å²) < 4.78 is 0. The fraction of sp³-hybridized carbons (Fsp3) is 0.778. The Kier molecular flexibility index (Phi) is 34.8. The number of rotatable bonds is 24. The number of hydrogen-bond donors (Lipinski definition) is 8. The molecule has 0 unspecified atom stereocenters. The van der Waals surface area contributed by atoms with Crippen molar-refractivity contribution in [3.63, 3.8) is 0 Å². The summed E-state index contributed by atoms with van der Waals surface area (Å²) in [5.41, 5.74) is 16.1. The van der Waals surface area contributed by atoms with E-state index in [-0.39, 0.29) is 24.4 Å². The zero-order valence-electron chi connectivity index (χ0n) is 77.4. The van der Waals surface area contributed by atoms with Crippen molar-refractivity contribution in [1.82, 2.24) is 0 Å². The molecule has 8 N–H and O–H groups in total. The van der Waals surface area contributed by atoms with Gasteiger partial charge in [0.2, 0.25) is 0 Å². The van der Waals surface area contributed by atoms with Crippen LogP contribution >= 0.6 is 0 Å². The maximum atomic E-state index is 10.0. The highest BCUT2D eigenvalue weighted by molar-refractivity contribution is 5.40. The zero-order valence-corrected chi connectivity index (χ0v) is 77.4. The van der Waals surface area contributed by atoms with Crippen LogP contribution in [0.5, 0.6) is 0 Å². The summed E-state index contributed by atoms with van der Waals surface area (Å²) >= 11 is 0. The first-order chi connectivity index (χ1) is 54.4. The highest BCUT2D eigenvalue weighted by Crippen LogP contribution is 2.64. The Hall–Kier alpha value is -3.44. The average Bonchev–Trinajstić information content (AvgIpc) is 1.62. The van der Waals surface area contributed by atoms with Crippen LogP contribution in [-0.2, 0) is 0 Å². The Bertz CT molecular complexity index is 3060. The SMILES string of the molecule is C=C1CC[C@H](O)C/C1=C/C=C1\CCC[C@]2(C)[C@@H]([C@H](C)CCCC(C)(C)O)CC[C@@H]12.C=C1CC[C@H](O)C/C1=C/C=C1\CCC[C@]2(C)[C@@H]([C@H](C)CCCC(C)(C)O)CC[C@@H]12.C=C1CC[C@H](O)C/C1=C/C=C1\CCC[C@]2(C)[C@@H]([C@H](C)CCCC(C)(C)O)CC[C@@H]12.C=C1CC[C@H](O)C/C1=C/C=C1\CCC[C@]2(C)[C@@H]([C@H](C)CCCC(C)(C)O)CC[C@@H]12. The van der Waals surface area contributed by atoms with E-state index in [0.717, 1.165) is 199 Å². The summed E-state index contributed by atoms with van der Waals surface area (Å²) in [6.07, 6.45) is 67.6. The maximum Gasteiger partial charge on any atom is 0.0591 e. The van der Waals surface area contributed by atoms with Gasteiger partial charge in [0.15, 0.2) is 0 Å². The van der Waals surface area contributed by atoms with Crippen molar-refractivity contribution < 1.29 is 40.9 Å². The minimum Gasteiger partial charge on any atom is -0.393 e. The summed E-state index contributed by atoms with van der Waals surface area (Å²) in [5, 5.41) is 80.2. The number of aliphatic hydroxyl groups excluding tert-OH is 4. The van der Waals surface area contributed by atoms with Crippen LogP contribution in [0.2, 0.25) is 0 Å². The highest BCUT2D eigenvalue weighted by atomic mass is 16.3. The van der Waals surface area contributed by atoms with Crippen LogP contribution in [0.1, 0.15) is 393 Å². The monoisotopic (exact) mass is 1600 g/mol. The quantitative estimate of drug-likeness (QED) is 0.0474. The van der Waals surface area contributed by atoms with E-state index >= 15 is 0 Å². The van der Waals surface area contributed by atoms with E-state index in [4.69, 9.17) is 0 Å². The second-order valence-corrected chi connectivity index (χ2v) is 44.8. The molecule has 0 spiro atoms. The lowest BCUT2D eigenvalue weighted by Gasteiger charge is -2.44. The molecule has 656 valence electrons. The van der Waals surface area contributed by atoms with Crippen molar-refractivity contribution in [3.8, 4) is 0 Å². The smallest absolute Gasteiger partial charge is 0.0591 e. The topological polar surface area (TPSA) is 162 Å². The number of allylic oxidation sites excluding steroid dienone is 16. The van der Waals surface area contributed by atoms with E-state index in [1.165, 1.54) is 199 Å². The molecular weight excluding hydrogens is 1430 g/mol. The summed E-state index contributed by atoms with van der Waals surface area (Å²) in [7, 11) is 0. The zero-order chi connectivity index (χ0) is 84.9. The van der Waals surface area contributed by atoms with Crippen molar-refractivity contribution >= 4 is 0 Å². The van der Waals surface area contributed by atoms with Gasteiger partial charge < -0.3 is 40.9 Å². The average molecular weight is 1600 g/mol. The molecule has 20 atom stereocenters. The molecule has 0 saturated heterocycles. The molecule has 0 aromatic heterocycles. The van der Waals surface area contributed by atoms with E-state index in [1.54, 1.807) is 22.3 Å². The lowest BCUT2D eigenvalue weighted by Crippen LogP contribution is -2.36. The van der Waals surface area contributed by atoms with Gasteiger partial charge in [0.05, 0.1) is 46.8 Å². The van der Waals surface area contributed by atoms with Gasteiger partial charge in [-0.15, -0.1) is 0 Å². The van der Waals surface area contributed by atoms with Crippen molar-refractivity contribution in [2.24, 2.45) is 92.7 Å². The number of hydrogen-bond acceptors (Lipinski definition) is 8. The molecule has 12 fully saturated rings. The molecule has 0 bridgehead atoms. The van der Waals surface area contributed by atoms with Crippen LogP contribution in [0.15, 0.2) is 142 Å². The largest absolute Gasteiger partial charge is 0.393 e. The molecule has 12 aliphatic rings. The minimum absolute atomic E-state index is 0.192. The molecule has 0 heterocycles.